The number of anilines is 1. The summed E-state index contributed by atoms with van der Waals surface area (Å²) in [6.07, 6.45) is 2.41. The highest BCUT2D eigenvalue weighted by atomic mass is 32.2. The van der Waals surface area contributed by atoms with Crippen LogP contribution in [0.2, 0.25) is 0 Å². The zero-order chi connectivity index (χ0) is 22.9. The molecule has 1 aliphatic rings. The van der Waals surface area contributed by atoms with Crippen molar-refractivity contribution in [1.82, 2.24) is 10.6 Å². The Morgan fingerprint density at radius 1 is 1.22 bits per heavy atom. The second kappa shape index (κ2) is 11.9. The Morgan fingerprint density at radius 3 is 2.66 bits per heavy atom. The number of carbonyl (C=O) groups is 3. The summed E-state index contributed by atoms with van der Waals surface area (Å²) in [6.45, 7) is 0. The van der Waals surface area contributed by atoms with Crippen LogP contribution in [0.25, 0.3) is 11.1 Å². The van der Waals surface area contributed by atoms with Crippen molar-refractivity contribution in [3.63, 3.8) is 0 Å². The van der Waals surface area contributed by atoms with E-state index in [4.69, 9.17) is 4.74 Å². The molecule has 170 valence electrons. The van der Waals surface area contributed by atoms with Crippen LogP contribution in [0.4, 0.5) is 5.69 Å². The molecule has 0 aromatic heterocycles. The molecule has 0 spiro atoms. The van der Waals surface area contributed by atoms with Crippen molar-refractivity contribution in [1.29, 1.82) is 0 Å². The third kappa shape index (κ3) is 6.27. The first-order valence-corrected chi connectivity index (χ1v) is 12.8. The molecule has 0 aliphatic carbocycles. The third-order valence-corrected chi connectivity index (χ3v) is 6.63. The molecule has 9 heteroatoms. The van der Waals surface area contributed by atoms with Crippen LogP contribution >= 0.6 is 23.5 Å². The van der Waals surface area contributed by atoms with Gasteiger partial charge < -0.3 is 15.4 Å². The fraction of sp³-hybridized carbons (Fsp3) is 0.348. The van der Waals surface area contributed by atoms with E-state index in [-0.39, 0.29) is 17.9 Å². The number of methoxy groups -OCH3 is 1. The average Bonchev–Trinajstić information content (AvgIpc) is 3.37. The standard InChI is InChI=1S/C23H27N3O4S2/c1-30-23(29)19(10-11-31-2)26-21(27)17-9-8-16(25-22(28)20-13-32-14-24-20)12-18(17)15-6-4-3-5-7-15/h3-9,12,19-20,24H,10-11,13-14H2,1-2H3,(H,25,28)(H,26,27)/t19-,20-/m0/s1. The van der Waals surface area contributed by atoms with Crippen molar-refractivity contribution >= 4 is 47.0 Å². The van der Waals surface area contributed by atoms with Gasteiger partial charge in [-0.15, -0.1) is 11.8 Å². The van der Waals surface area contributed by atoms with E-state index in [1.807, 2.05) is 36.6 Å². The minimum absolute atomic E-state index is 0.103. The molecule has 0 bridgehead atoms. The van der Waals surface area contributed by atoms with Crippen LogP contribution in [-0.4, -0.2) is 60.6 Å². The van der Waals surface area contributed by atoms with Gasteiger partial charge >= 0.3 is 5.97 Å². The molecular formula is C23H27N3O4S2. The van der Waals surface area contributed by atoms with E-state index in [0.717, 1.165) is 17.2 Å². The molecule has 2 aromatic rings. The Kier molecular flexibility index (Phi) is 9.01. The number of amides is 2. The van der Waals surface area contributed by atoms with Gasteiger partial charge in [-0.05, 0) is 47.8 Å². The van der Waals surface area contributed by atoms with Gasteiger partial charge in [0.15, 0.2) is 0 Å². The summed E-state index contributed by atoms with van der Waals surface area (Å²) in [5.41, 5.74) is 2.53. The van der Waals surface area contributed by atoms with E-state index in [9.17, 15) is 14.4 Å². The van der Waals surface area contributed by atoms with Crippen LogP contribution in [0, 0.1) is 0 Å². The van der Waals surface area contributed by atoms with Gasteiger partial charge in [-0.2, -0.15) is 11.8 Å². The molecule has 2 amide bonds. The maximum Gasteiger partial charge on any atom is 0.328 e. The molecular weight excluding hydrogens is 446 g/mol. The van der Waals surface area contributed by atoms with E-state index < -0.39 is 12.0 Å². The monoisotopic (exact) mass is 473 g/mol. The van der Waals surface area contributed by atoms with Crippen LogP contribution in [0.3, 0.4) is 0 Å². The van der Waals surface area contributed by atoms with Crippen LogP contribution in [0.5, 0.6) is 0 Å². The van der Waals surface area contributed by atoms with E-state index in [1.165, 1.54) is 7.11 Å². The van der Waals surface area contributed by atoms with Gasteiger partial charge in [-0.25, -0.2) is 4.79 Å². The van der Waals surface area contributed by atoms with Gasteiger partial charge in [0, 0.05) is 22.9 Å². The average molecular weight is 474 g/mol. The first kappa shape index (κ1) is 24.2. The minimum Gasteiger partial charge on any atom is -0.467 e. The summed E-state index contributed by atoms with van der Waals surface area (Å²) >= 11 is 3.27. The largest absolute Gasteiger partial charge is 0.467 e. The second-order valence-corrected chi connectivity index (χ2v) is 9.23. The Hall–Kier alpha value is -2.49. The number of rotatable bonds is 9. The summed E-state index contributed by atoms with van der Waals surface area (Å²) in [5, 5.41) is 8.89. The molecule has 3 N–H and O–H groups in total. The Morgan fingerprint density at radius 2 is 2.00 bits per heavy atom. The Bertz CT molecular complexity index is 950. The van der Waals surface area contributed by atoms with Gasteiger partial charge in [0.2, 0.25) is 5.91 Å². The SMILES string of the molecule is COC(=O)[C@H](CCSC)NC(=O)c1ccc(NC(=O)[C@@H]2CSCN2)cc1-c1ccccc1. The van der Waals surface area contributed by atoms with E-state index >= 15 is 0 Å². The van der Waals surface area contributed by atoms with Gasteiger partial charge in [0.1, 0.15) is 6.04 Å². The summed E-state index contributed by atoms with van der Waals surface area (Å²) in [5.74, 6) is 1.25. The topological polar surface area (TPSA) is 96.5 Å². The summed E-state index contributed by atoms with van der Waals surface area (Å²) < 4.78 is 4.85. The zero-order valence-electron chi connectivity index (χ0n) is 18.1. The molecule has 0 saturated carbocycles. The quantitative estimate of drug-likeness (QED) is 0.482. The molecule has 1 aliphatic heterocycles. The number of benzene rings is 2. The van der Waals surface area contributed by atoms with Crippen molar-refractivity contribution in [2.24, 2.45) is 0 Å². The lowest BCUT2D eigenvalue weighted by atomic mass is 9.98. The number of ether oxygens (including phenoxy) is 1. The lowest BCUT2D eigenvalue weighted by Gasteiger charge is -2.18. The number of nitrogens with one attached hydrogen (secondary N) is 3. The lowest BCUT2D eigenvalue weighted by molar-refractivity contribution is -0.142. The van der Waals surface area contributed by atoms with Crippen molar-refractivity contribution in [3.05, 3.63) is 54.1 Å². The smallest absolute Gasteiger partial charge is 0.328 e. The number of hydrogen-bond acceptors (Lipinski definition) is 7. The summed E-state index contributed by atoms with van der Waals surface area (Å²) in [7, 11) is 1.31. The highest BCUT2D eigenvalue weighted by molar-refractivity contribution is 7.99. The summed E-state index contributed by atoms with van der Waals surface area (Å²) in [6, 6.07) is 13.7. The number of hydrogen-bond donors (Lipinski definition) is 3. The van der Waals surface area contributed by atoms with E-state index in [1.54, 1.807) is 41.7 Å². The molecule has 0 radical (unpaired) electrons. The zero-order valence-corrected chi connectivity index (χ0v) is 19.7. The second-order valence-electron chi connectivity index (χ2n) is 7.22. The molecule has 1 heterocycles. The summed E-state index contributed by atoms with van der Waals surface area (Å²) in [4.78, 5) is 37.8. The Balaban J connectivity index is 1.87. The van der Waals surface area contributed by atoms with Gasteiger partial charge in [-0.1, -0.05) is 30.3 Å². The van der Waals surface area contributed by atoms with Crippen LogP contribution in [0.15, 0.2) is 48.5 Å². The van der Waals surface area contributed by atoms with Crippen molar-refractivity contribution in [3.8, 4) is 11.1 Å². The Labute approximate surface area is 196 Å². The highest BCUT2D eigenvalue weighted by Gasteiger charge is 2.25. The van der Waals surface area contributed by atoms with E-state index in [2.05, 4.69) is 16.0 Å². The van der Waals surface area contributed by atoms with Gasteiger partial charge in [0.05, 0.1) is 13.2 Å². The van der Waals surface area contributed by atoms with Crippen LogP contribution < -0.4 is 16.0 Å². The van der Waals surface area contributed by atoms with Gasteiger partial charge in [0.25, 0.3) is 5.91 Å². The predicted octanol–water partition coefficient (Wildman–Crippen LogP) is 2.98. The molecule has 1 fully saturated rings. The van der Waals surface area contributed by atoms with Crippen LogP contribution in [-0.2, 0) is 14.3 Å². The maximum absolute atomic E-state index is 13.1. The number of esters is 1. The fourth-order valence-electron chi connectivity index (χ4n) is 3.33. The predicted molar refractivity (Wildman–Crippen MR) is 131 cm³/mol. The van der Waals surface area contributed by atoms with Gasteiger partial charge in [-0.3, -0.25) is 14.9 Å². The molecule has 2 atom stereocenters. The highest BCUT2D eigenvalue weighted by Crippen LogP contribution is 2.28. The van der Waals surface area contributed by atoms with Crippen molar-refractivity contribution in [2.75, 3.05) is 36.1 Å². The molecule has 7 nitrogen and oxygen atoms in total. The molecule has 0 unspecified atom stereocenters. The van der Waals surface area contributed by atoms with Crippen molar-refractivity contribution in [2.45, 2.75) is 18.5 Å². The molecule has 2 aromatic carbocycles. The third-order valence-electron chi connectivity index (χ3n) is 5.05. The van der Waals surface area contributed by atoms with Crippen LogP contribution in [0.1, 0.15) is 16.8 Å². The minimum atomic E-state index is -0.728. The lowest BCUT2D eigenvalue weighted by Crippen LogP contribution is -2.42. The van der Waals surface area contributed by atoms with E-state index in [0.29, 0.717) is 29.0 Å². The molecule has 1 saturated heterocycles. The number of carbonyl (C=O) groups excluding carboxylic acids is 3. The van der Waals surface area contributed by atoms with Crippen molar-refractivity contribution < 1.29 is 19.1 Å². The number of thioether (sulfide) groups is 2. The molecule has 3 rings (SSSR count). The molecule has 32 heavy (non-hydrogen) atoms. The first-order chi connectivity index (χ1) is 15.5. The normalized spacial score (nSPS) is 16.2. The fourth-order valence-corrected chi connectivity index (χ4v) is 4.75. The first-order valence-electron chi connectivity index (χ1n) is 10.2. The maximum atomic E-state index is 13.1.